The molecule has 35 heavy (non-hydrogen) atoms. The van der Waals surface area contributed by atoms with E-state index in [0.717, 1.165) is 12.0 Å². The molecule has 0 aromatic heterocycles. The minimum absolute atomic E-state index is 0.0540. The lowest BCUT2D eigenvalue weighted by Gasteiger charge is -2.26. The number of ether oxygens (including phenoxy) is 3. The van der Waals surface area contributed by atoms with E-state index in [9.17, 15) is 14.7 Å². The van der Waals surface area contributed by atoms with Gasteiger partial charge in [0.05, 0.1) is 31.9 Å². The zero-order chi connectivity index (χ0) is 25.8. The molecule has 1 atom stereocenters. The van der Waals surface area contributed by atoms with E-state index >= 15 is 0 Å². The number of methoxy groups -OCH3 is 2. The maximum Gasteiger partial charge on any atom is 0.295 e. The molecular formula is C28H35NO6. The number of hydrogen-bond acceptors (Lipinski definition) is 6. The smallest absolute Gasteiger partial charge is 0.295 e. The van der Waals surface area contributed by atoms with Gasteiger partial charge < -0.3 is 24.2 Å². The molecule has 3 rings (SSSR count). The van der Waals surface area contributed by atoms with Crippen LogP contribution in [-0.4, -0.2) is 55.7 Å². The molecule has 7 heteroatoms. The number of ketones is 1. The van der Waals surface area contributed by atoms with Gasteiger partial charge in [0.2, 0.25) is 0 Å². The molecule has 0 saturated carbocycles. The van der Waals surface area contributed by atoms with Gasteiger partial charge in [-0.05, 0) is 47.7 Å². The van der Waals surface area contributed by atoms with Crippen molar-refractivity contribution >= 4 is 17.4 Å². The van der Waals surface area contributed by atoms with Crippen LogP contribution >= 0.6 is 0 Å². The topological polar surface area (TPSA) is 85.3 Å². The Morgan fingerprint density at radius 3 is 2.29 bits per heavy atom. The summed E-state index contributed by atoms with van der Waals surface area (Å²) in [7, 11) is 3.14. The Bertz CT molecular complexity index is 1100. The van der Waals surface area contributed by atoms with Crippen molar-refractivity contribution in [2.45, 2.75) is 45.6 Å². The Hall–Kier alpha value is -3.32. The number of carbonyl (C=O) groups excluding carboxylic acids is 2. The third kappa shape index (κ3) is 5.51. The molecule has 0 aliphatic carbocycles. The quantitative estimate of drug-likeness (QED) is 0.313. The zero-order valence-corrected chi connectivity index (χ0v) is 21.4. The first-order valence-electron chi connectivity index (χ1n) is 11.8. The fraction of sp³-hybridized carbons (Fsp3) is 0.429. The molecule has 0 radical (unpaired) electrons. The lowest BCUT2D eigenvalue weighted by molar-refractivity contribution is -0.140. The van der Waals surface area contributed by atoms with Crippen molar-refractivity contribution in [3.8, 4) is 11.5 Å². The number of likely N-dealkylation sites (tertiary alicyclic amines) is 1. The maximum atomic E-state index is 13.2. The summed E-state index contributed by atoms with van der Waals surface area (Å²) in [5.41, 5.74) is 1.83. The maximum absolute atomic E-state index is 13.2. The van der Waals surface area contributed by atoms with Gasteiger partial charge >= 0.3 is 0 Å². The summed E-state index contributed by atoms with van der Waals surface area (Å²) in [6.07, 6.45) is 0.886. The van der Waals surface area contributed by atoms with Crippen LogP contribution in [-0.2, 0) is 19.7 Å². The minimum atomic E-state index is -0.745. The molecule has 1 saturated heterocycles. The van der Waals surface area contributed by atoms with Crippen LogP contribution in [0.4, 0.5) is 0 Å². The Balaban J connectivity index is 2.14. The molecule has 1 fully saturated rings. The second-order valence-electron chi connectivity index (χ2n) is 9.57. The number of nitrogens with zero attached hydrogens (tertiary/aromatic N) is 1. The Morgan fingerprint density at radius 1 is 1.03 bits per heavy atom. The van der Waals surface area contributed by atoms with Gasteiger partial charge in [-0.15, -0.1) is 0 Å². The Morgan fingerprint density at radius 2 is 1.71 bits per heavy atom. The Kier molecular flexibility index (Phi) is 8.22. The summed E-state index contributed by atoms with van der Waals surface area (Å²) in [5, 5.41) is 11.4. The van der Waals surface area contributed by atoms with E-state index in [1.807, 2.05) is 58.0 Å². The van der Waals surface area contributed by atoms with Crippen LogP contribution in [0.5, 0.6) is 11.5 Å². The number of aliphatic hydroxyl groups excluding tert-OH is 1. The van der Waals surface area contributed by atoms with Crippen molar-refractivity contribution in [2.24, 2.45) is 0 Å². The normalized spacial score (nSPS) is 17.7. The third-order valence-corrected chi connectivity index (χ3v) is 6.03. The second-order valence-corrected chi connectivity index (χ2v) is 9.57. The lowest BCUT2D eigenvalue weighted by atomic mass is 9.84. The number of Topliss-reactive ketones (excluding diaryl/α,β-unsaturated/α-hetero) is 1. The molecule has 0 spiro atoms. The second kappa shape index (κ2) is 11.0. The van der Waals surface area contributed by atoms with E-state index in [4.69, 9.17) is 14.2 Å². The zero-order valence-electron chi connectivity index (χ0n) is 21.4. The SMILES string of the molecule is CCCOc1ccc(C2/C(=C(/O)c3ccc(OC)c(C(C)(C)C)c3)C(=O)C(=O)N2CCOC)cc1. The van der Waals surface area contributed by atoms with Crippen molar-refractivity contribution in [1.29, 1.82) is 0 Å². The molecule has 188 valence electrons. The first kappa shape index (κ1) is 26.3. The van der Waals surface area contributed by atoms with E-state index in [2.05, 4.69) is 0 Å². The fourth-order valence-corrected chi connectivity index (χ4v) is 4.21. The van der Waals surface area contributed by atoms with Crippen LogP contribution in [0.25, 0.3) is 5.76 Å². The standard InChI is InChI=1S/C28H35NO6/c1-7-15-35-20-11-8-18(9-12-20)24-23(26(31)27(32)29(24)14-16-33-5)25(30)19-10-13-22(34-6)21(17-19)28(2,3)4/h8-13,17,24,30H,7,14-16H2,1-6H3/b25-23-. The van der Waals surface area contributed by atoms with Gasteiger partial charge in [0, 0.05) is 24.8 Å². The highest BCUT2D eigenvalue weighted by atomic mass is 16.5. The van der Waals surface area contributed by atoms with Crippen LogP contribution in [0.3, 0.4) is 0 Å². The minimum Gasteiger partial charge on any atom is -0.507 e. The molecule has 2 aromatic rings. The summed E-state index contributed by atoms with van der Waals surface area (Å²) in [6, 6.07) is 11.8. The molecular weight excluding hydrogens is 446 g/mol. The molecule has 1 unspecified atom stereocenters. The molecule has 1 N–H and O–H groups in total. The molecule has 1 aliphatic heterocycles. The van der Waals surface area contributed by atoms with Gasteiger partial charge in [-0.1, -0.05) is 39.8 Å². The van der Waals surface area contributed by atoms with Crippen LogP contribution in [0.1, 0.15) is 56.8 Å². The van der Waals surface area contributed by atoms with E-state index in [1.165, 1.54) is 12.0 Å². The van der Waals surface area contributed by atoms with Crippen LogP contribution in [0, 0.1) is 0 Å². The van der Waals surface area contributed by atoms with E-state index in [0.29, 0.717) is 29.2 Å². The molecule has 1 aliphatic rings. The van der Waals surface area contributed by atoms with Crippen LogP contribution in [0.2, 0.25) is 0 Å². The predicted octanol–water partition coefficient (Wildman–Crippen LogP) is 4.85. The summed E-state index contributed by atoms with van der Waals surface area (Å²) in [6.45, 7) is 9.23. The monoisotopic (exact) mass is 481 g/mol. The van der Waals surface area contributed by atoms with Crippen molar-refractivity contribution in [3.63, 3.8) is 0 Å². The van der Waals surface area contributed by atoms with E-state index in [1.54, 1.807) is 19.2 Å². The number of amides is 1. The number of carbonyl (C=O) groups is 2. The summed E-state index contributed by atoms with van der Waals surface area (Å²) < 4.78 is 16.4. The number of hydrogen-bond donors (Lipinski definition) is 1. The fourth-order valence-electron chi connectivity index (χ4n) is 4.21. The predicted molar refractivity (Wildman–Crippen MR) is 135 cm³/mol. The average molecular weight is 482 g/mol. The van der Waals surface area contributed by atoms with Crippen LogP contribution in [0.15, 0.2) is 48.0 Å². The van der Waals surface area contributed by atoms with Crippen molar-refractivity contribution in [3.05, 3.63) is 64.7 Å². The van der Waals surface area contributed by atoms with Gasteiger partial charge in [-0.25, -0.2) is 0 Å². The Labute approximate surface area is 207 Å². The molecule has 0 bridgehead atoms. The molecule has 1 amide bonds. The van der Waals surface area contributed by atoms with Gasteiger partial charge in [-0.3, -0.25) is 9.59 Å². The van der Waals surface area contributed by atoms with Crippen molar-refractivity contribution in [2.75, 3.05) is 34.0 Å². The van der Waals surface area contributed by atoms with Crippen molar-refractivity contribution in [1.82, 2.24) is 4.90 Å². The van der Waals surface area contributed by atoms with Gasteiger partial charge in [0.1, 0.15) is 17.3 Å². The molecule has 1 heterocycles. The van der Waals surface area contributed by atoms with Gasteiger partial charge in [0.25, 0.3) is 11.7 Å². The van der Waals surface area contributed by atoms with Gasteiger partial charge in [-0.2, -0.15) is 0 Å². The first-order chi connectivity index (χ1) is 16.6. The number of aliphatic hydroxyl groups is 1. The summed E-state index contributed by atoms with van der Waals surface area (Å²) in [5.74, 6) is -0.205. The number of rotatable bonds is 9. The molecule has 2 aromatic carbocycles. The van der Waals surface area contributed by atoms with Gasteiger partial charge in [0.15, 0.2) is 0 Å². The molecule has 7 nitrogen and oxygen atoms in total. The highest BCUT2D eigenvalue weighted by Crippen LogP contribution is 2.41. The van der Waals surface area contributed by atoms with E-state index < -0.39 is 17.7 Å². The van der Waals surface area contributed by atoms with Crippen LogP contribution < -0.4 is 9.47 Å². The largest absolute Gasteiger partial charge is 0.507 e. The lowest BCUT2D eigenvalue weighted by Crippen LogP contribution is -2.32. The van der Waals surface area contributed by atoms with Crippen molar-refractivity contribution < 1.29 is 28.9 Å². The number of benzene rings is 2. The van der Waals surface area contributed by atoms with E-state index in [-0.39, 0.29) is 29.9 Å². The average Bonchev–Trinajstić information content (AvgIpc) is 3.09. The summed E-state index contributed by atoms with van der Waals surface area (Å²) in [4.78, 5) is 27.7. The first-order valence-corrected chi connectivity index (χ1v) is 11.8. The highest BCUT2D eigenvalue weighted by Gasteiger charge is 2.46. The highest BCUT2D eigenvalue weighted by molar-refractivity contribution is 6.46. The summed E-state index contributed by atoms with van der Waals surface area (Å²) >= 11 is 0. The third-order valence-electron chi connectivity index (χ3n) is 6.03.